The summed E-state index contributed by atoms with van der Waals surface area (Å²) >= 11 is 1.79. The fraction of sp³-hybridized carbons (Fsp3) is 0.571. The summed E-state index contributed by atoms with van der Waals surface area (Å²) < 4.78 is 2.08. The lowest BCUT2D eigenvalue weighted by molar-refractivity contribution is 0.490. The number of aryl methyl sites for hydroxylation is 3. The predicted molar refractivity (Wildman–Crippen MR) is 79.5 cm³/mol. The average Bonchev–Trinajstić information content (AvgIpc) is 2.92. The number of rotatable bonds is 6. The Morgan fingerprint density at radius 1 is 1.42 bits per heavy atom. The van der Waals surface area contributed by atoms with Crippen LogP contribution in [0.1, 0.15) is 40.8 Å². The maximum absolute atomic E-state index is 4.64. The molecule has 2 aromatic heterocycles. The van der Waals surface area contributed by atoms with Crippen LogP contribution in [0.15, 0.2) is 12.4 Å². The molecule has 0 spiro atoms. The SMILES string of the molecule is CCCNC(Cc1nc(C)c(C)s1)c1nccn1C. The summed E-state index contributed by atoms with van der Waals surface area (Å²) in [5.74, 6) is 1.08. The van der Waals surface area contributed by atoms with Crippen molar-refractivity contribution in [3.05, 3.63) is 33.8 Å². The van der Waals surface area contributed by atoms with E-state index in [1.165, 1.54) is 9.88 Å². The van der Waals surface area contributed by atoms with E-state index in [0.717, 1.165) is 30.9 Å². The van der Waals surface area contributed by atoms with Gasteiger partial charge in [-0.1, -0.05) is 6.92 Å². The van der Waals surface area contributed by atoms with Crippen LogP contribution in [0.4, 0.5) is 0 Å². The first-order valence-electron chi connectivity index (χ1n) is 6.75. The average molecular weight is 278 g/mol. The van der Waals surface area contributed by atoms with Crippen LogP contribution < -0.4 is 5.32 Å². The number of nitrogens with one attached hydrogen (secondary N) is 1. The first-order valence-corrected chi connectivity index (χ1v) is 7.57. The number of hydrogen-bond acceptors (Lipinski definition) is 4. The molecule has 5 heteroatoms. The molecule has 0 saturated carbocycles. The van der Waals surface area contributed by atoms with E-state index < -0.39 is 0 Å². The highest BCUT2D eigenvalue weighted by Crippen LogP contribution is 2.22. The summed E-state index contributed by atoms with van der Waals surface area (Å²) in [4.78, 5) is 10.4. The van der Waals surface area contributed by atoms with Crippen LogP contribution in [0.2, 0.25) is 0 Å². The van der Waals surface area contributed by atoms with Crippen LogP contribution in [0, 0.1) is 13.8 Å². The van der Waals surface area contributed by atoms with Gasteiger partial charge >= 0.3 is 0 Å². The molecule has 2 rings (SSSR count). The molecule has 0 saturated heterocycles. The van der Waals surface area contributed by atoms with Gasteiger partial charge in [0.25, 0.3) is 0 Å². The lowest BCUT2D eigenvalue weighted by Crippen LogP contribution is -2.26. The molecule has 1 N–H and O–H groups in total. The van der Waals surface area contributed by atoms with Crippen LogP contribution in [0.3, 0.4) is 0 Å². The van der Waals surface area contributed by atoms with Gasteiger partial charge in [-0.2, -0.15) is 0 Å². The summed E-state index contributed by atoms with van der Waals surface area (Å²) in [6, 6.07) is 0.241. The normalized spacial score (nSPS) is 12.8. The maximum atomic E-state index is 4.64. The zero-order chi connectivity index (χ0) is 13.8. The first kappa shape index (κ1) is 14.2. The van der Waals surface area contributed by atoms with E-state index in [1.54, 1.807) is 11.3 Å². The third-order valence-electron chi connectivity index (χ3n) is 3.26. The number of imidazole rings is 1. The number of aromatic nitrogens is 3. The van der Waals surface area contributed by atoms with Crippen molar-refractivity contribution in [1.82, 2.24) is 19.9 Å². The van der Waals surface area contributed by atoms with Gasteiger partial charge in [0.15, 0.2) is 0 Å². The minimum absolute atomic E-state index is 0.241. The van der Waals surface area contributed by atoms with Crippen LogP contribution in [-0.2, 0) is 13.5 Å². The van der Waals surface area contributed by atoms with E-state index in [1.807, 2.05) is 19.4 Å². The second-order valence-corrected chi connectivity index (χ2v) is 6.14. The molecular weight excluding hydrogens is 256 g/mol. The molecule has 0 fully saturated rings. The summed E-state index contributed by atoms with van der Waals surface area (Å²) in [5.41, 5.74) is 1.15. The van der Waals surface area contributed by atoms with Gasteiger partial charge in [0.1, 0.15) is 5.82 Å². The van der Waals surface area contributed by atoms with E-state index in [0.29, 0.717) is 0 Å². The maximum Gasteiger partial charge on any atom is 0.126 e. The van der Waals surface area contributed by atoms with Gasteiger partial charge in [-0.3, -0.25) is 0 Å². The summed E-state index contributed by atoms with van der Waals surface area (Å²) in [6.07, 6.45) is 5.88. The minimum Gasteiger partial charge on any atom is -0.337 e. The molecule has 0 amide bonds. The highest BCUT2D eigenvalue weighted by Gasteiger charge is 2.18. The summed E-state index contributed by atoms with van der Waals surface area (Å²) in [6.45, 7) is 7.39. The van der Waals surface area contributed by atoms with Crippen molar-refractivity contribution in [2.75, 3.05) is 6.54 Å². The van der Waals surface area contributed by atoms with Crippen molar-refractivity contribution in [3.63, 3.8) is 0 Å². The van der Waals surface area contributed by atoms with E-state index in [4.69, 9.17) is 0 Å². The number of nitrogens with zero attached hydrogens (tertiary/aromatic N) is 3. The number of thiazole rings is 1. The third kappa shape index (κ3) is 3.42. The second-order valence-electron chi connectivity index (χ2n) is 4.86. The lowest BCUT2D eigenvalue weighted by atomic mass is 10.2. The highest BCUT2D eigenvalue weighted by atomic mass is 32.1. The first-order chi connectivity index (χ1) is 9.11. The fourth-order valence-corrected chi connectivity index (χ4v) is 3.07. The van der Waals surface area contributed by atoms with Crippen LogP contribution >= 0.6 is 11.3 Å². The zero-order valence-corrected chi connectivity index (χ0v) is 12.9. The van der Waals surface area contributed by atoms with Crippen molar-refractivity contribution in [2.45, 2.75) is 39.7 Å². The van der Waals surface area contributed by atoms with Crippen molar-refractivity contribution in [2.24, 2.45) is 7.05 Å². The lowest BCUT2D eigenvalue weighted by Gasteiger charge is -2.17. The van der Waals surface area contributed by atoms with Crippen LogP contribution in [-0.4, -0.2) is 21.1 Å². The largest absolute Gasteiger partial charge is 0.337 e. The molecule has 0 aliphatic heterocycles. The molecule has 4 nitrogen and oxygen atoms in total. The molecule has 19 heavy (non-hydrogen) atoms. The Labute approximate surface area is 118 Å². The predicted octanol–water partition coefficient (Wildman–Crippen LogP) is 2.78. The quantitative estimate of drug-likeness (QED) is 0.883. The molecule has 1 atom stereocenters. The van der Waals surface area contributed by atoms with Crippen LogP contribution in [0.5, 0.6) is 0 Å². The molecule has 0 aromatic carbocycles. The van der Waals surface area contributed by atoms with Crippen molar-refractivity contribution in [3.8, 4) is 0 Å². The molecule has 0 radical (unpaired) electrons. The molecule has 0 aliphatic carbocycles. The van der Waals surface area contributed by atoms with Gasteiger partial charge in [0.05, 0.1) is 16.7 Å². The molecule has 0 bridgehead atoms. The van der Waals surface area contributed by atoms with Gasteiger partial charge in [0.2, 0.25) is 0 Å². The molecule has 2 heterocycles. The van der Waals surface area contributed by atoms with E-state index >= 15 is 0 Å². The Bertz CT molecular complexity index is 510. The van der Waals surface area contributed by atoms with E-state index in [9.17, 15) is 0 Å². The Morgan fingerprint density at radius 3 is 2.74 bits per heavy atom. The topological polar surface area (TPSA) is 42.7 Å². The summed E-state index contributed by atoms with van der Waals surface area (Å²) in [7, 11) is 2.04. The van der Waals surface area contributed by atoms with Gasteiger partial charge in [-0.15, -0.1) is 11.3 Å². The van der Waals surface area contributed by atoms with Gasteiger partial charge in [-0.05, 0) is 26.8 Å². The van der Waals surface area contributed by atoms with Gasteiger partial charge < -0.3 is 9.88 Å². The third-order valence-corrected chi connectivity index (χ3v) is 4.36. The van der Waals surface area contributed by atoms with Gasteiger partial charge in [0, 0.05) is 30.7 Å². The molecular formula is C14H22N4S. The fourth-order valence-electron chi connectivity index (χ4n) is 2.09. The van der Waals surface area contributed by atoms with Crippen molar-refractivity contribution >= 4 is 11.3 Å². The second kappa shape index (κ2) is 6.30. The standard InChI is InChI=1S/C14H22N4S/c1-5-6-15-12(14-16-7-8-18(14)4)9-13-17-10(2)11(3)19-13/h7-8,12,15H,5-6,9H2,1-4H3. The van der Waals surface area contributed by atoms with Crippen molar-refractivity contribution < 1.29 is 0 Å². The van der Waals surface area contributed by atoms with E-state index in [2.05, 4.69) is 40.6 Å². The van der Waals surface area contributed by atoms with Crippen LogP contribution in [0.25, 0.3) is 0 Å². The molecule has 0 aliphatic rings. The Hall–Kier alpha value is -1.20. The van der Waals surface area contributed by atoms with Crippen molar-refractivity contribution in [1.29, 1.82) is 0 Å². The Kier molecular flexibility index (Phi) is 4.71. The highest BCUT2D eigenvalue weighted by molar-refractivity contribution is 7.11. The minimum atomic E-state index is 0.241. The molecule has 2 aromatic rings. The monoisotopic (exact) mass is 278 g/mol. The number of hydrogen-bond donors (Lipinski definition) is 1. The summed E-state index contributed by atoms with van der Waals surface area (Å²) in [5, 5.41) is 4.76. The zero-order valence-electron chi connectivity index (χ0n) is 12.1. The molecule has 104 valence electrons. The molecule has 1 unspecified atom stereocenters. The smallest absolute Gasteiger partial charge is 0.126 e. The van der Waals surface area contributed by atoms with Gasteiger partial charge in [-0.25, -0.2) is 9.97 Å². The Morgan fingerprint density at radius 2 is 2.21 bits per heavy atom. The Balaban J connectivity index is 2.16. The van der Waals surface area contributed by atoms with E-state index in [-0.39, 0.29) is 6.04 Å².